The molecule has 1 nitrogen and oxygen atoms in total. The average molecular weight is 552 g/mol. The molecule has 0 aliphatic heterocycles. The van der Waals surface area contributed by atoms with Crippen LogP contribution < -0.4 is 4.90 Å². The molecule has 0 unspecified atom stereocenters. The number of benzene rings is 7. The van der Waals surface area contributed by atoms with Gasteiger partial charge in [-0.1, -0.05) is 92.7 Å². The van der Waals surface area contributed by atoms with Gasteiger partial charge in [-0.3, -0.25) is 0 Å². The van der Waals surface area contributed by atoms with Crippen LogP contribution >= 0.6 is 0 Å². The van der Waals surface area contributed by atoms with E-state index >= 15 is 0 Å². The van der Waals surface area contributed by atoms with Crippen molar-refractivity contribution in [3.63, 3.8) is 0 Å². The van der Waals surface area contributed by atoms with Crippen molar-refractivity contribution in [1.82, 2.24) is 0 Å². The molecule has 0 bridgehead atoms. The van der Waals surface area contributed by atoms with Crippen molar-refractivity contribution in [2.24, 2.45) is 0 Å². The first-order valence-corrected chi connectivity index (χ1v) is 15.2. The molecule has 7 aromatic rings. The molecule has 1 heteroatoms. The van der Waals surface area contributed by atoms with Crippen LogP contribution in [0.5, 0.6) is 0 Å². The highest BCUT2D eigenvalue weighted by Crippen LogP contribution is 2.51. The normalized spacial score (nSPS) is 11.8. The highest BCUT2D eigenvalue weighted by atomic mass is 15.1. The van der Waals surface area contributed by atoms with Gasteiger partial charge in [0.25, 0.3) is 0 Å². The smallest absolute Gasteiger partial charge is 0.0490 e. The minimum atomic E-state index is 0.468. The Hall–Kier alpha value is -5.14. The van der Waals surface area contributed by atoms with Gasteiger partial charge in [0.2, 0.25) is 0 Å². The molecule has 1 aliphatic rings. The third kappa shape index (κ3) is 4.32. The maximum absolute atomic E-state index is 2.41. The predicted molar refractivity (Wildman–Crippen MR) is 185 cm³/mol. The Morgan fingerprint density at radius 3 is 1.74 bits per heavy atom. The maximum Gasteiger partial charge on any atom is 0.0490 e. The van der Waals surface area contributed by atoms with Gasteiger partial charge in [-0.25, -0.2) is 0 Å². The number of fused-ring (bicyclic) bond motifs is 6. The summed E-state index contributed by atoms with van der Waals surface area (Å²) in [4.78, 5) is 2.41. The largest absolute Gasteiger partial charge is 0.310 e. The van der Waals surface area contributed by atoms with Gasteiger partial charge in [-0.15, -0.1) is 0 Å². The van der Waals surface area contributed by atoms with E-state index in [0.29, 0.717) is 5.92 Å². The number of hydrogen-bond acceptors (Lipinski definition) is 1. The van der Waals surface area contributed by atoms with E-state index in [0.717, 1.165) is 0 Å². The third-order valence-electron chi connectivity index (χ3n) is 9.03. The summed E-state index contributed by atoms with van der Waals surface area (Å²) in [5, 5.41) is 5.11. The van der Waals surface area contributed by atoms with Crippen molar-refractivity contribution in [3.8, 4) is 33.4 Å². The molecule has 0 heterocycles. The molecule has 0 radical (unpaired) electrons. The van der Waals surface area contributed by atoms with Crippen LogP contribution in [0.2, 0.25) is 0 Å². The summed E-state index contributed by atoms with van der Waals surface area (Å²) in [7, 11) is 0. The minimum absolute atomic E-state index is 0.468. The first kappa shape index (κ1) is 25.6. The number of nitrogens with zero attached hydrogens (tertiary/aromatic N) is 1. The van der Waals surface area contributed by atoms with Gasteiger partial charge in [0.05, 0.1) is 0 Å². The van der Waals surface area contributed by atoms with Gasteiger partial charge < -0.3 is 4.90 Å². The molecular formula is C42H33N. The van der Waals surface area contributed by atoms with Gasteiger partial charge in [0.1, 0.15) is 0 Å². The first-order valence-electron chi connectivity index (χ1n) is 15.2. The number of rotatable bonds is 5. The lowest BCUT2D eigenvalue weighted by Crippen LogP contribution is -2.11. The number of aryl methyl sites for hydroxylation is 1. The molecule has 0 fully saturated rings. The maximum atomic E-state index is 2.41. The van der Waals surface area contributed by atoms with Gasteiger partial charge in [0, 0.05) is 17.1 Å². The van der Waals surface area contributed by atoms with Gasteiger partial charge in [0.15, 0.2) is 0 Å². The van der Waals surface area contributed by atoms with Crippen LogP contribution in [0, 0.1) is 6.92 Å². The molecule has 0 aromatic heterocycles. The van der Waals surface area contributed by atoms with Crippen LogP contribution in [0.3, 0.4) is 0 Å². The fourth-order valence-corrected chi connectivity index (χ4v) is 6.63. The Morgan fingerprint density at radius 2 is 1.05 bits per heavy atom. The van der Waals surface area contributed by atoms with E-state index in [9.17, 15) is 0 Å². The van der Waals surface area contributed by atoms with Crippen LogP contribution in [0.15, 0.2) is 140 Å². The van der Waals surface area contributed by atoms with Crippen LogP contribution in [0.1, 0.15) is 30.9 Å². The van der Waals surface area contributed by atoms with Gasteiger partial charge in [-0.05, 0) is 140 Å². The molecular weight excluding hydrogens is 518 g/mol. The zero-order valence-corrected chi connectivity index (χ0v) is 24.8. The molecule has 0 amide bonds. The summed E-state index contributed by atoms with van der Waals surface area (Å²) in [6, 6.07) is 51.5. The Bertz CT molecular complexity index is 2170. The summed E-state index contributed by atoms with van der Waals surface area (Å²) in [6.07, 6.45) is 0. The lowest BCUT2D eigenvalue weighted by molar-refractivity contribution is 0.866. The Balaban J connectivity index is 1.22. The summed E-state index contributed by atoms with van der Waals surface area (Å²) in [5.41, 5.74) is 14.1. The van der Waals surface area contributed by atoms with E-state index in [1.54, 1.807) is 0 Å². The first-order chi connectivity index (χ1) is 21.0. The van der Waals surface area contributed by atoms with Crippen molar-refractivity contribution < 1.29 is 0 Å². The van der Waals surface area contributed by atoms with E-state index in [-0.39, 0.29) is 0 Å². The third-order valence-corrected chi connectivity index (χ3v) is 9.03. The topological polar surface area (TPSA) is 3.24 Å². The zero-order chi connectivity index (χ0) is 29.1. The standard InChI is InChI=1S/C42H33N/c1-27(2)30-13-9-14-36(21-30)43(42-15-8-7-10-28(42)3)37-19-18-33-24-39-40-25-34-20-31(29-11-5-4-6-12-29)16-17-32(34)23-38(40)41(39)26-35(33)22-37/h4-27H,1-3H3. The molecule has 0 N–H and O–H groups in total. The lowest BCUT2D eigenvalue weighted by atomic mass is 9.77. The molecule has 1 aliphatic carbocycles. The SMILES string of the molecule is Cc1ccccc1N(c1cccc(C(C)C)c1)c1ccc2cc3c(cc2c1)-c1cc2ccc(-c4ccccc4)cc2cc1-3. The lowest BCUT2D eigenvalue weighted by Gasteiger charge is -2.29. The van der Waals surface area contributed by atoms with Gasteiger partial charge >= 0.3 is 0 Å². The Morgan fingerprint density at radius 1 is 0.442 bits per heavy atom. The van der Waals surface area contributed by atoms with Crippen LogP contribution in [0.4, 0.5) is 17.1 Å². The highest BCUT2D eigenvalue weighted by molar-refractivity contribution is 6.12. The molecule has 0 atom stereocenters. The Labute approximate surface area is 253 Å². The van der Waals surface area contributed by atoms with Crippen molar-refractivity contribution in [1.29, 1.82) is 0 Å². The molecule has 8 rings (SSSR count). The van der Waals surface area contributed by atoms with Crippen LogP contribution in [0.25, 0.3) is 54.9 Å². The fraction of sp³-hybridized carbons (Fsp3) is 0.0952. The molecule has 206 valence electrons. The molecule has 43 heavy (non-hydrogen) atoms. The summed E-state index contributed by atoms with van der Waals surface area (Å²) in [5.74, 6) is 0.468. The minimum Gasteiger partial charge on any atom is -0.310 e. The average Bonchev–Trinajstić information content (AvgIpc) is 3.04. The summed E-state index contributed by atoms with van der Waals surface area (Å²) in [6.45, 7) is 6.71. The summed E-state index contributed by atoms with van der Waals surface area (Å²) >= 11 is 0. The van der Waals surface area contributed by atoms with Crippen molar-refractivity contribution in [3.05, 3.63) is 151 Å². The van der Waals surface area contributed by atoms with Crippen LogP contribution in [-0.2, 0) is 0 Å². The molecule has 0 spiro atoms. The van der Waals surface area contributed by atoms with Crippen molar-refractivity contribution >= 4 is 38.6 Å². The second-order valence-corrected chi connectivity index (χ2v) is 12.1. The van der Waals surface area contributed by atoms with E-state index in [1.165, 1.54) is 83.1 Å². The monoisotopic (exact) mass is 551 g/mol. The van der Waals surface area contributed by atoms with E-state index in [4.69, 9.17) is 0 Å². The van der Waals surface area contributed by atoms with E-state index in [2.05, 4.69) is 165 Å². The van der Waals surface area contributed by atoms with Crippen LogP contribution in [-0.4, -0.2) is 0 Å². The second kappa shape index (κ2) is 10.00. The highest BCUT2D eigenvalue weighted by Gasteiger charge is 2.24. The number of hydrogen-bond donors (Lipinski definition) is 0. The molecule has 0 saturated carbocycles. The zero-order valence-electron chi connectivity index (χ0n) is 24.8. The van der Waals surface area contributed by atoms with E-state index in [1.807, 2.05) is 0 Å². The Kier molecular flexibility index (Phi) is 5.94. The number of para-hydroxylation sites is 1. The van der Waals surface area contributed by atoms with Crippen molar-refractivity contribution in [2.75, 3.05) is 4.90 Å². The molecule has 7 aromatic carbocycles. The summed E-state index contributed by atoms with van der Waals surface area (Å²) < 4.78 is 0. The predicted octanol–water partition coefficient (Wildman–Crippen LogP) is 12.2. The van der Waals surface area contributed by atoms with Crippen molar-refractivity contribution in [2.45, 2.75) is 26.7 Å². The quantitative estimate of drug-likeness (QED) is 0.206. The number of anilines is 3. The van der Waals surface area contributed by atoms with E-state index < -0.39 is 0 Å². The second-order valence-electron chi connectivity index (χ2n) is 12.1. The fourth-order valence-electron chi connectivity index (χ4n) is 6.63. The molecule has 0 saturated heterocycles. The van der Waals surface area contributed by atoms with Gasteiger partial charge in [-0.2, -0.15) is 0 Å².